The van der Waals surface area contributed by atoms with Crippen LogP contribution in [0.3, 0.4) is 0 Å². The summed E-state index contributed by atoms with van der Waals surface area (Å²) in [5, 5.41) is 23.1. The number of benzene rings is 12. The topological polar surface area (TPSA) is 195 Å². The number of unbranched alkanes of at least 4 members (excludes halogenated alkanes) is 16. The number of rotatable bonds is 36. The molecule has 18 rings (SSSR count). The first-order chi connectivity index (χ1) is 61.7. The molecule has 6 aliphatic rings. The minimum absolute atomic E-state index is 0.428. The van der Waals surface area contributed by atoms with Gasteiger partial charge in [-0.3, -0.25) is 0 Å². The number of hydrogen-bond donors (Lipinski definition) is 0. The van der Waals surface area contributed by atoms with Crippen LogP contribution in [0.25, 0.3) is 22.3 Å². The second kappa shape index (κ2) is 40.2. The predicted molar refractivity (Wildman–Crippen MR) is 510 cm³/mol. The first-order valence-corrected chi connectivity index (χ1v) is 63.3. The summed E-state index contributed by atoms with van der Waals surface area (Å²) in [4.78, 5) is 0. The monoisotopic (exact) mass is 1850 g/mol. The Balaban J connectivity index is 0.741. The maximum atomic E-state index is 9.29. The van der Waals surface area contributed by atoms with E-state index in [0.717, 1.165) is 136 Å². The van der Waals surface area contributed by atoms with Crippen molar-refractivity contribution in [2.45, 2.75) is 141 Å². The van der Waals surface area contributed by atoms with Crippen LogP contribution in [0.4, 0.5) is 0 Å². The predicted octanol–water partition coefficient (Wildman–Crippen LogP) is 17.5. The molecule has 28 heteroatoms. The zero-order chi connectivity index (χ0) is 86.1. The van der Waals surface area contributed by atoms with E-state index in [1.165, 1.54) is 0 Å². The van der Waals surface area contributed by atoms with Crippen molar-refractivity contribution in [3.63, 3.8) is 0 Å². The van der Waals surface area contributed by atoms with Crippen LogP contribution in [0, 0.1) is 22.7 Å². The zero-order valence-corrected chi connectivity index (χ0v) is 81.3. The Bertz CT molecular complexity index is 5000. The molecule has 6 heterocycles. The average molecular weight is 1850 g/mol. The summed E-state index contributed by atoms with van der Waals surface area (Å²) in [6.45, 7) is 5.54. The molecule has 8 bridgehead atoms. The molecular formula is C98H106N2O16Si10. The maximum Gasteiger partial charge on any atom is 0.515 e. The van der Waals surface area contributed by atoms with Gasteiger partial charge < -0.3 is 67.1 Å². The van der Waals surface area contributed by atoms with E-state index in [0.29, 0.717) is 90.8 Å². The van der Waals surface area contributed by atoms with Crippen molar-refractivity contribution in [3.05, 3.63) is 351 Å². The highest BCUT2D eigenvalue weighted by Crippen LogP contribution is 2.49. The first kappa shape index (κ1) is 88.8. The summed E-state index contributed by atoms with van der Waals surface area (Å²) < 4.78 is 135. The number of ether oxygens (including phenoxy) is 2. The Kier molecular flexibility index (Phi) is 28.4. The van der Waals surface area contributed by atoms with Crippen molar-refractivity contribution in [1.82, 2.24) is 0 Å². The van der Waals surface area contributed by atoms with E-state index in [2.05, 4.69) is 49.5 Å². The summed E-state index contributed by atoms with van der Waals surface area (Å²) in [5.41, 5.74) is 5.57. The molecule has 0 radical (unpaired) electrons. The maximum absolute atomic E-state index is 9.29. The van der Waals surface area contributed by atoms with E-state index in [-0.39, 0.29) is 0 Å². The van der Waals surface area contributed by atoms with E-state index < -0.39 is 87.6 Å². The second-order valence-corrected chi connectivity index (χ2v) is 63.5. The van der Waals surface area contributed by atoms with Crippen molar-refractivity contribution in [3.8, 4) is 45.9 Å². The largest absolute Gasteiger partial charge is 0.515 e. The van der Waals surface area contributed by atoms with Gasteiger partial charge in [-0.1, -0.05) is 394 Å². The van der Waals surface area contributed by atoms with E-state index in [9.17, 15) is 10.5 Å². The van der Waals surface area contributed by atoms with Gasteiger partial charge in [0.15, 0.2) is 0 Å². The van der Waals surface area contributed by atoms with Gasteiger partial charge in [0.25, 0.3) is 0 Å². The third-order valence-electron chi connectivity index (χ3n) is 23.6. The van der Waals surface area contributed by atoms with Crippen molar-refractivity contribution in [2.75, 3.05) is 13.2 Å². The van der Waals surface area contributed by atoms with Crippen molar-refractivity contribution < 1.29 is 67.1 Å². The van der Waals surface area contributed by atoms with Gasteiger partial charge in [0.1, 0.15) is 11.5 Å². The fourth-order valence-electron chi connectivity index (χ4n) is 17.1. The lowest BCUT2D eigenvalue weighted by molar-refractivity contribution is 0.0252. The number of nitrogens with zero attached hydrogens (tertiary/aromatic N) is 2. The molecule has 126 heavy (non-hydrogen) atoms. The fourth-order valence-corrected chi connectivity index (χ4v) is 74.0. The molecule has 12 aromatic rings. The zero-order valence-electron chi connectivity index (χ0n) is 71.3. The number of fused-ring (bicyclic) bond motifs is 4. The Morgan fingerprint density at radius 1 is 0.198 bits per heavy atom. The third kappa shape index (κ3) is 20.3. The SMILES string of the molecule is C[Si]1(CCCCCCCCCCCOc2ccc(-c3ccc(C#N)cc3)cc2)O[Si]2(c3ccccc3)O[Si]3(c4ccccc4)O[Si]4(c5ccccc5)O[Si](C)(CCCCCCCCCCCOc5ccc(-c6ccc(C#N)cc6)cc5)O[Si]5(c6ccccc6)O[Si](c6ccccc6)(O[Si](c6ccccc6)(O1)O[Si](c1ccccc1)(O5)O[Si](c1ccccc1)(O2)O4)O3. The Morgan fingerprint density at radius 2 is 0.365 bits per heavy atom. The van der Waals surface area contributed by atoms with Gasteiger partial charge >= 0.3 is 87.6 Å². The lowest BCUT2D eigenvalue weighted by Crippen LogP contribution is -2.93. The first-order valence-electron chi connectivity index (χ1n) is 44.4. The molecule has 6 fully saturated rings. The summed E-state index contributed by atoms with van der Waals surface area (Å²) >= 11 is 0. The second-order valence-electron chi connectivity index (χ2n) is 33.1. The summed E-state index contributed by atoms with van der Waals surface area (Å²) in [6.07, 6.45) is 17.9. The quantitative estimate of drug-likeness (QED) is 0.0265. The highest BCUT2D eigenvalue weighted by molar-refractivity contribution is 7.12. The van der Waals surface area contributed by atoms with E-state index in [1.54, 1.807) is 0 Å². The third-order valence-corrected chi connectivity index (χ3v) is 67.2. The minimum atomic E-state index is -5.26. The molecule has 0 unspecified atom stereocenters. The molecule has 0 aliphatic carbocycles. The normalized spacial score (nSPS) is 26.1. The molecule has 0 amide bonds. The Hall–Kier alpha value is -9.17. The standard InChI is InChI=1S/C98H106N2O16Si10/c1-117(79-43-15-11-7-3-5-9-13-41-77-101-89-73-69-87(70-74-89)85-65-61-83(81-99)62-66-85)103-119(91-45-25-17-26-46-91)107-123(95-53-33-21-34-54-95)111-121(93-49-29-19-30-50-93)105-118(2,80-44-16-12-8-4-6-10-14-42-78-102-90-75-71-88(72-76-90)86-67-63-84(82-100)64-68-86)106-122(94-51-31-20-32-52-94)113-125(115-123,97-57-37-23-38-58-97)109-120(104-117,92-47-27-18-28-48-92)110-126(114-122,98-59-39-24-40-60-98)116-124(108-119,112-121)96-55-35-22-36-56-96/h17-40,45-76H,3-16,41-44,77-80H2,1-2H3. The van der Waals surface area contributed by atoms with Crippen molar-refractivity contribution in [2.24, 2.45) is 0 Å². The van der Waals surface area contributed by atoms with Gasteiger partial charge in [-0.05, 0) is 109 Å². The summed E-state index contributed by atoms with van der Waals surface area (Å²) in [5.74, 6) is 1.70. The van der Waals surface area contributed by atoms with E-state index >= 15 is 0 Å². The molecule has 6 saturated heterocycles. The molecule has 0 aromatic heterocycles. The summed E-state index contributed by atoms with van der Waals surface area (Å²) in [6, 6.07) is 117. The molecule has 0 N–H and O–H groups in total. The van der Waals surface area contributed by atoms with Crippen LogP contribution in [0.1, 0.15) is 127 Å². The molecule has 0 saturated carbocycles. The summed E-state index contributed by atoms with van der Waals surface area (Å²) in [7, 11) is -49.7. The van der Waals surface area contributed by atoms with Gasteiger partial charge in [0.2, 0.25) is 0 Å². The molecule has 0 atom stereocenters. The van der Waals surface area contributed by atoms with E-state index in [1.807, 2.05) is 315 Å². The molecule has 18 nitrogen and oxygen atoms in total. The van der Waals surface area contributed by atoms with E-state index in [4.69, 9.17) is 67.1 Å². The van der Waals surface area contributed by atoms with Gasteiger partial charge in [0, 0.05) is 41.5 Å². The average Bonchev–Trinajstić information content (AvgIpc) is 0.675. The highest BCUT2D eigenvalue weighted by atomic mass is 28.6. The molecule has 0 spiro atoms. The van der Waals surface area contributed by atoms with Gasteiger partial charge in [-0.15, -0.1) is 0 Å². The lowest BCUT2D eigenvalue weighted by atomic mass is 10.0. The van der Waals surface area contributed by atoms with Crippen LogP contribution in [0.2, 0.25) is 25.2 Å². The van der Waals surface area contributed by atoms with Crippen LogP contribution in [0.5, 0.6) is 11.5 Å². The molecule has 644 valence electrons. The van der Waals surface area contributed by atoms with Crippen LogP contribution in [-0.2, 0) is 57.6 Å². The van der Waals surface area contributed by atoms with Crippen LogP contribution in [-0.4, -0.2) is 101 Å². The van der Waals surface area contributed by atoms with Crippen molar-refractivity contribution >= 4 is 129 Å². The Labute approximate surface area is 751 Å². The van der Waals surface area contributed by atoms with Gasteiger partial charge in [-0.25, -0.2) is 0 Å². The lowest BCUT2D eigenvalue weighted by Gasteiger charge is -2.61. The number of hydrogen-bond acceptors (Lipinski definition) is 18. The highest BCUT2D eigenvalue weighted by Gasteiger charge is 2.83. The van der Waals surface area contributed by atoms with Crippen LogP contribution in [0.15, 0.2) is 340 Å². The van der Waals surface area contributed by atoms with Crippen molar-refractivity contribution in [1.29, 1.82) is 10.5 Å². The molecule has 12 aromatic carbocycles. The fraction of sp³-hybridized carbons (Fsp3) is 0.245. The number of nitriles is 2. The molecule has 6 aliphatic heterocycles. The van der Waals surface area contributed by atoms with Gasteiger partial charge in [-0.2, -0.15) is 10.5 Å². The smallest absolute Gasteiger partial charge is 0.494 e. The van der Waals surface area contributed by atoms with Crippen LogP contribution >= 0.6 is 0 Å². The van der Waals surface area contributed by atoms with Gasteiger partial charge in [0.05, 0.1) is 36.5 Å². The minimum Gasteiger partial charge on any atom is -0.494 e. The molecular weight excluding hydrogens is 1740 g/mol. The van der Waals surface area contributed by atoms with Crippen LogP contribution < -0.4 is 51.0 Å². The Morgan fingerprint density at radius 3 is 0.556 bits per heavy atom.